The molecule has 3 aromatic carbocycles. The summed E-state index contributed by atoms with van der Waals surface area (Å²) in [5.74, 6) is -9.50. The first kappa shape index (κ1) is 25.4. The largest absolute Gasteiger partial charge is 0.505 e. The second kappa shape index (κ2) is 9.41. The predicted octanol–water partition coefficient (Wildman–Crippen LogP) is 3.01. The summed E-state index contributed by atoms with van der Waals surface area (Å²) < 4.78 is 0. The molecule has 3 amide bonds. The number of fused-ring (bicyclic) bond motifs is 4. The van der Waals surface area contributed by atoms with Gasteiger partial charge in [-0.1, -0.05) is 42.5 Å². The number of ketones is 4. The molecule has 0 spiro atoms. The van der Waals surface area contributed by atoms with E-state index in [0.717, 1.165) is 10.8 Å². The molecule has 2 saturated carbocycles. The van der Waals surface area contributed by atoms with Gasteiger partial charge < -0.3 is 21.5 Å². The Morgan fingerprint density at radius 2 is 1.50 bits per heavy atom. The summed E-state index contributed by atoms with van der Waals surface area (Å²) in [6, 6.07) is 15.4. The highest BCUT2D eigenvalue weighted by Crippen LogP contribution is 2.48. The smallest absolute Gasteiger partial charge is 0.323 e. The molecule has 6 rings (SSSR count). The zero-order chi connectivity index (χ0) is 28.3. The minimum Gasteiger partial charge on any atom is -0.505 e. The topological polar surface area (TPSA) is 173 Å². The lowest BCUT2D eigenvalue weighted by molar-refractivity contribution is -0.152. The first-order valence-corrected chi connectivity index (χ1v) is 13.0. The van der Waals surface area contributed by atoms with Crippen molar-refractivity contribution >= 4 is 57.2 Å². The Bertz CT molecular complexity index is 1660. The number of phenolic OH excluding ortho intramolecular Hbond substituents is 1. The third kappa shape index (κ3) is 3.95. The van der Waals surface area contributed by atoms with Crippen LogP contribution >= 0.6 is 0 Å². The molecule has 3 aromatic rings. The van der Waals surface area contributed by atoms with Crippen LogP contribution in [0, 0.1) is 29.6 Å². The summed E-state index contributed by atoms with van der Waals surface area (Å²) in [6.07, 6.45) is 0.432. The maximum atomic E-state index is 13.6. The molecule has 3 aliphatic carbocycles. The van der Waals surface area contributed by atoms with E-state index in [1.165, 1.54) is 6.07 Å². The molecule has 5 atom stereocenters. The summed E-state index contributed by atoms with van der Waals surface area (Å²) in [5, 5.41) is 18.1. The Balaban J connectivity index is 1.27. The first-order valence-electron chi connectivity index (χ1n) is 13.0. The number of aromatic hydroxyl groups is 1. The van der Waals surface area contributed by atoms with Crippen molar-refractivity contribution in [3.05, 3.63) is 65.7 Å². The zero-order valence-electron chi connectivity index (χ0n) is 21.2. The van der Waals surface area contributed by atoms with Gasteiger partial charge >= 0.3 is 6.03 Å². The highest BCUT2D eigenvalue weighted by Gasteiger charge is 2.57. The number of amides is 3. The van der Waals surface area contributed by atoms with E-state index in [1.54, 1.807) is 18.2 Å². The molecule has 5 N–H and O–H groups in total. The highest BCUT2D eigenvalue weighted by atomic mass is 16.3. The molecular formula is C30H25N3O7. The van der Waals surface area contributed by atoms with Gasteiger partial charge in [-0.15, -0.1) is 0 Å². The number of hydrogen-bond donors (Lipinski definition) is 4. The van der Waals surface area contributed by atoms with Crippen molar-refractivity contribution in [2.45, 2.75) is 19.3 Å². The van der Waals surface area contributed by atoms with Crippen LogP contribution in [0.25, 0.3) is 10.8 Å². The molecule has 5 unspecified atom stereocenters. The number of anilines is 2. The molecule has 0 aromatic heterocycles. The van der Waals surface area contributed by atoms with E-state index in [2.05, 4.69) is 10.6 Å². The van der Waals surface area contributed by atoms with Gasteiger partial charge in [-0.3, -0.25) is 24.0 Å². The number of nitrogens with two attached hydrogens (primary N) is 1. The van der Waals surface area contributed by atoms with Gasteiger partial charge in [-0.05, 0) is 47.8 Å². The number of urea groups is 1. The molecule has 0 heterocycles. The number of nitrogens with one attached hydrogen (secondary N) is 2. The number of Topliss-reactive ketones (excluding diaryl/α,β-unsaturated/α-hetero) is 4. The molecular weight excluding hydrogens is 514 g/mol. The van der Waals surface area contributed by atoms with Crippen LogP contribution in [0.15, 0.2) is 54.6 Å². The second-order valence-corrected chi connectivity index (χ2v) is 10.7. The van der Waals surface area contributed by atoms with E-state index < -0.39 is 70.4 Å². The van der Waals surface area contributed by atoms with E-state index in [-0.39, 0.29) is 30.5 Å². The van der Waals surface area contributed by atoms with Crippen molar-refractivity contribution < 1.29 is 33.9 Å². The van der Waals surface area contributed by atoms with Gasteiger partial charge in [-0.2, -0.15) is 0 Å². The maximum absolute atomic E-state index is 13.6. The lowest BCUT2D eigenvalue weighted by atomic mass is 9.56. The van der Waals surface area contributed by atoms with Crippen LogP contribution in [0.4, 0.5) is 16.2 Å². The van der Waals surface area contributed by atoms with Crippen molar-refractivity contribution in [1.29, 1.82) is 0 Å². The minimum absolute atomic E-state index is 0.0162. The van der Waals surface area contributed by atoms with Crippen molar-refractivity contribution in [2.24, 2.45) is 35.3 Å². The SMILES string of the molecule is NC(=O)C1C(=O)CC2CC3Cc4ccc(NC(=O)Nc5cccc6ccccc56)c(O)c4C(=O)C3C(=O)C2C1=O. The Labute approximate surface area is 227 Å². The fourth-order valence-electron chi connectivity index (χ4n) is 6.68. The first-order chi connectivity index (χ1) is 19.2. The maximum Gasteiger partial charge on any atom is 0.323 e. The van der Waals surface area contributed by atoms with Gasteiger partial charge in [-0.25, -0.2) is 4.79 Å². The predicted molar refractivity (Wildman–Crippen MR) is 144 cm³/mol. The molecule has 202 valence electrons. The van der Waals surface area contributed by atoms with Crippen LogP contribution < -0.4 is 16.4 Å². The summed E-state index contributed by atoms with van der Waals surface area (Å²) in [6.45, 7) is 0. The van der Waals surface area contributed by atoms with Crippen molar-refractivity contribution in [3.63, 3.8) is 0 Å². The number of benzene rings is 3. The monoisotopic (exact) mass is 539 g/mol. The minimum atomic E-state index is -1.68. The zero-order valence-corrected chi connectivity index (χ0v) is 21.2. The number of rotatable bonds is 3. The Hall–Kier alpha value is -4.86. The Kier molecular flexibility index (Phi) is 5.98. The molecule has 10 heteroatoms. The molecule has 0 saturated heterocycles. The fourth-order valence-corrected chi connectivity index (χ4v) is 6.68. The van der Waals surface area contributed by atoms with Crippen molar-refractivity contribution in [3.8, 4) is 5.75 Å². The molecule has 2 fully saturated rings. The van der Waals surface area contributed by atoms with Crippen molar-refractivity contribution in [1.82, 2.24) is 0 Å². The van der Waals surface area contributed by atoms with E-state index in [0.29, 0.717) is 11.3 Å². The van der Waals surface area contributed by atoms with Crippen LogP contribution in [0.5, 0.6) is 5.75 Å². The molecule has 3 aliphatic rings. The lowest BCUT2D eigenvalue weighted by Gasteiger charge is -2.44. The van der Waals surface area contributed by atoms with Crippen LogP contribution in [-0.4, -0.2) is 40.2 Å². The average molecular weight is 540 g/mol. The van der Waals surface area contributed by atoms with E-state index >= 15 is 0 Å². The van der Waals surface area contributed by atoms with Crippen LogP contribution in [0.2, 0.25) is 0 Å². The quantitative estimate of drug-likeness (QED) is 0.292. The Morgan fingerprint density at radius 1 is 0.800 bits per heavy atom. The van der Waals surface area contributed by atoms with Gasteiger partial charge in [0.2, 0.25) is 5.91 Å². The van der Waals surface area contributed by atoms with Gasteiger partial charge in [0.05, 0.1) is 28.8 Å². The standard InChI is InChI=1S/C30H25N3O7/c31-29(39)24-20(34)12-16-11-15-10-14-8-9-19(25(35)21(14)26(36)22(15)27(37)23(16)28(24)38)33-30(40)32-18-7-3-5-13-4-1-2-6-17(13)18/h1-9,15-16,22-24,35H,10-12H2,(H2,31,39)(H2,32,33,40). The van der Waals surface area contributed by atoms with Crippen molar-refractivity contribution in [2.75, 3.05) is 10.6 Å². The van der Waals surface area contributed by atoms with Crippen LogP contribution in [0.1, 0.15) is 28.8 Å². The number of hydrogen-bond acceptors (Lipinski definition) is 7. The number of primary amides is 1. The summed E-state index contributed by atoms with van der Waals surface area (Å²) in [5.41, 5.74) is 6.23. The van der Waals surface area contributed by atoms with E-state index in [1.807, 2.05) is 30.3 Å². The normalized spacial score (nSPS) is 25.6. The number of carbonyl (C=O) groups is 6. The third-order valence-electron chi connectivity index (χ3n) is 8.38. The van der Waals surface area contributed by atoms with Gasteiger partial charge in [0.25, 0.3) is 0 Å². The number of phenols is 1. The highest BCUT2D eigenvalue weighted by molar-refractivity contribution is 6.27. The second-order valence-electron chi connectivity index (χ2n) is 10.7. The molecule has 0 bridgehead atoms. The van der Waals surface area contributed by atoms with Crippen LogP contribution in [-0.2, 0) is 25.6 Å². The van der Waals surface area contributed by atoms with Gasteiger partial charge in [0, 0.05) is 11.8 Å². The number of carbonyl (C=O) groups excluding carboxylic acids is 6. The molecule has 0 radical (unpaired) electrons. The molecule has 0 aliphatic heterocycles. The van der Waals surface area contributed by atoms with Gasteiger partial charge in [0.1, 0.15) is 5.75 Å². The van der Waals surface area contributed by atoms with Crippen LogP contribution in [0.3, 0.4) is 0 Å². The summed E-state index contributed by atoms with van der Waals surface area (Å²) in [4.78, 5) is 77.1. The molecule has 40 heavy (non-hydrogen) atoms. The van der Waals surface area contributed by atoms with E-state index in [4.69, 9.17) is 5.73 Å². The summed E-state index contributed by atoms with van der Waals surface area (Å²) in [7, 11) is 0. The van der Waals surface area contributed by atoms with E-state index in [9.17, 15) is 33.9 Å². The Morgan fingerprint density at radius 3 is 2.27 bits per heavy atom. The third-order valence-corrected chi connectivity index (χ3v) is 8.38. The van der Waals surface area contributed by atoms with Gasteiger partial charge in [0.15, 0.2) is 29.1 Å². The lowest BCUT2D eigenvalue weighted by Crippen LogP contribution is -2.56. The molecule has 10 nitrogen and oxygen atoms in total. The summed E-state index contributed by atoms with van der Waals surface area (Å²) >= 11 is 0. The fraction of sp³-hybridized carbons (Fsp3) is 0.267. The average Bonchev–Trinajstić information content (AvgIpc) is 2.89.